The zero-order valence-electron chi connectivity index (χ0n) is 12.8. The molecule has 0 amide bonds. The molecule has 2 heteroatoms. The number of likely N-dealkylation sites (tertiary alicyclic amines) is 1. The van der Waals surface area contributed by atoms with Crippen molar-refractivity contribution in [1.29, 1.82) is 0 Å². The molecule has 2 nitrogen and oxygen atoms in total. The van der Waals surface area contributed by atoms with Crippen molar-refractivity contribution in [2.24, 2.45) is 0 Å². The van der Waals surface area contributed by atoms with E-state index in [9.17, 15) is 5.11 Å². The van der Waals surface area contributed by atoms with Crippen LogP contribution in [0.25, 0.3) is 0 Å². The molecule has 1 aromatic rings. The summed E-state index contributed by atoms with van der Waals surface area (Å²) in [6.07, 6.45) is 6.01. The van der Waals surface area contributed by atoms with E-state index in [4.69, 9.17) is 0 Å². The predicted octanol–water partition coefficient (Wildman–Crippen LogP) is 3.86. The molecule has 1 aliphatic carbocycles. The molecule has 0 radical (unpaired) electrons. The van der Waals surface area contributed by atoms with Crippen LogP contribution in [0.1, 0.15) is 69.1 Å². The van der Waals surface area contributed by atoms with Gasteiger partial charge in [-0.3, -0.25) is 4.90 Å². The Kier molecular flexibility index (Phi) is 4.13. The average Bonchev–Trinajstić information content (AvgIpc) is 2.68. The molecule has 1 heterocycles. The van der Waals surface area contributed by atoms with Crippen LogP contribution in [0.3, 0.4) is 0 Å². The van der Waals surface area contributed by atoms with Crippen LogP contribution in [0.15, 0.2) is 24.3 Å². The number of hydrogen-bond donors (Lipinski definition) is 1. The van der Waals surface area contributed by atoms with E-state index in [-0.39, 0.29) is 6.10 Å². The largest absolute Gasteiger partial charge is 0.387 e. The van der Waals surface area contributed by atoms with Gasteiger partial charge in [0.2, 0.25) is 0 Å². The van der Waals surface area contributed by atoms with E-state index in [1.807, 2.05) is 0 Å². The summed E-state index contributed by atoms with van der Waals surface area (Å²) in [4.78, 5) is 2.59. The van der Waals surface area contributed by atoms with Crippen molar-refractivity contribution in [2.45, 2.75) is 70.1 Å². The van der Waals surface area contributed by atoms with Crippen molar-refractivity contribution >= 4 is 0 Å². The molecule has 1 N–H and O–H groups in total. The topological polar surface area (TPSA) is 23.5 Å². The van der Waals surface area contributed by atoms with E-state index in [1.165, 1.54) is 31.2 Å². The summed E-state index contributed by atoms with van der Waals surface area (Å²) in [6.45, 7) is 5.79. The Morgan fingerprint density at radius 2 is 1.80 bits per heavy atom. The molecule has 0 spiro atoms. The van der Waals surface area contributed by atoms with Crippen molar-refractivity contribution in [1.82, 2.24) is 4.90 Å². The fourth-order valence-corrected chi connectivity index (χ4v) is 4.16. The highest BCUT2D eigenvalue weighted by Crippen LogP contribution is 2.40. The van der Waals surface area contributed by atoms with Gasteiger partial charge in [-0.05, 0) is 49.8 Å². The first-order valence-electron chi connectivity index (χ1n) is 8.21. The second kappa shape index (κ2) is 5.87. The summed E-state index contributed by atoms with van der Waals surface area (Å²) < 4.78 is 0. The Balaban J connectivity index is 1.88. The van der Waals surface area contributed by atoms with Gasteiger partial charge < -0.3 is 5.11 Å². The number of fused-ring (bicyclic) bond motifs is 1. The molecule has 0 bridgehead atoms. The number of hydrogen-bond acceptors (Lipinski definition) is 2. The smallest absolute Gasteiger partial charge is 0.0948 e. The zero-order valence-corrected chi connectivity index (χ0v) is 12.8. The van der Waals surface area contributed by atoms with Crippen molar-refractivity contribution in [2.75, 3.05) is 6.54 Å². The zero-order chi connectivity index (χ0) is 14.1. The average molecular weight is 273 g/mol. The van der Waals surface area contributed by atoms with Crippen molar-refractivity contribution in [3.8, 4) is 0 Å². The van der Waals surface area contributed by atoms with Crippen LogP contribution >= 0.6 is 0 Å². The summed E-state index contributed by atoms with van der Waals surface area (Å²) in [5.74, 6) is 0.551. The number of nitrogens with zero attached hydrogens (tertiary/aromatic N) is 1. The van der Waals surface area contributed by atoms with Crippen LogP contribution in [0, 0.1) is 0 Å². The van der Waals surface area contributed by atoms with Gasteiger partial charge in [0.1, 0.15) is 0 Å². The Labute approximate surface area is 122 Å². The second-order valence-electron chi connectivity index (χ2n) is 6.71. The summed E-state index contributed by atoms with van der Waals surface area (Å²) >= 11 is 0. The highest BCUT2D eigenvalue weighted by atomic mass is 16.3. The highest BCUT2D eigenvalue weighted by molar-refractivity contribution is 5.35. The molecule has 3 rings (SSSR count). The van der Waals surface area contributed by atoms with Gasteiger partial charge in [0, 0.05) is 12.1 Å². The predicted molar refractivity (Wildman–Crippen MR) is 82.9 cm³/mol. The third kappa shape index (κ3) is 2.51. The van der Waals surface area contributed by atoms with Crippen LogP contribution in [0.4, 0.5) is 0 Å². The first-order chi connectivity index (χ1) is 9.68. The molecule has 0 saturated carbocycles. The Morgan fingerprint density at radius 1 is 1.05 bits per heavy atom. The molecule has 4 unspecified atom stereocenters. The van der Waals surface area contributed by atoms with Crippen LogP contribution < -0.4 is 0 Å². The molecule has 4 atom stereocenters. The lowest BCUT2D eigenvalue weighted by Crippen LogP contribution is -2.47. The van der Waals surface area contributed by atoms with Gasteiger partial charge in [-0.25, -0.2) is 0 Å². The first-order valence-corrected chi connectivity index (χ1v) is 8.21. The van der Waals surface area contributed by atoms with Crippen molar-refractivity contribution in [3.63, 3.8) is 0 Å². The van der Waals surface area contributed by atoms with Gasteiger partial charge in [-0.1, -0.05) is 44.0 Å². The minimum Gasteiger partial charge on any atom is -0.387 e. The molecule has 1 fully saturated rings. The lowest BCUT2D eigenvalue weighted by atomic mass is 9.78. The van der Waals surface area contributed by atoms with Gasteiger partial charge in [0.15, 0.2) is 0 Å². The van der Waals surface area contributed by atoms with E-state index in [2.05, 4.69) is 43.0 Å². The van der Waals surface area contributed by atoms with Gasteiger partial charge in [0.25, 0.3) is 0 Å². The third-order valence-corrected chi connectivity index (χ3v) is 5.34. The van der Waals surface area contributed by atoms with E-state index in [0.717, 1.165) is 18.5 Å². The van der Waals surface area contributed by atoms with Crippen LogP contribution in [0.5, 0.6) is 0 Å². The molecule has 0 aromatic heterocycles. The second-order valence-corrected chi connectivity index (χ2v) is 6.71. The van der Waals surface area contributed by atoms with Crippen molar-refractivity contribution < 1.29 is 5.11 Å². The molecule has 20 heavy (non-hydrogen) atoms. The monoisotopic (exact) mass is 273 g/mol. The minimum atomic E-state index is -0.317. The standard InChI is InChI=1S/C18H27NO/c1-13-12-17(19-11-7-3-4-8-14(19)2)18(20)16-10-6-5-9-15(13)16/h5-6,9-10,13-14,17-18,20H,3-4,7-8,11-12H2,1-2H3. The van der Waals surface area contributed by atoms with E-state index in [1.54, 1.807) is 0 Å². The fourth-order valence-electron chi connectivity index (χ4n) is 4.16. The van der Waals surface area contributed by atoms with Gasteiger partial charge in [-0.2, -0.15) is 0 Å². The molecule has 1 saturated heterocycles. The van der Waals surface area contributed by atoms with Gasteiger partial charge in [-0.15, -0.1) is 0 Å². The minimum absolute atomic E-state index is 0.299. The van der Waals surface area contributed by atoms with Gasteiger partial charge >= 0.3 is 0 Å². The molecule has 2 aliphatic rings. The Bertz CT molecular complexity index is 458. The maximum atomic E-state index is 10.9. The number of benzene rings is 1. The Hall–Kier alpha value is -0.860. The van der Waals surface area contributed by atoms with E-state index >= 15 is 0 Å². The SMILES string of the molecule is CC1CC(N2CCCCCC2C)C(O)c2ccccc21. The molecule has 1 aromatic carbocycles. The molecule has 110 valence electrons. The van der Waals surface area contributed by atoms with Gasteiger partial charge in [0.05, 0.1) is 6.10 Å². The summed E-state index contributed by atoms with van der Waals surface area (Å²) in [5, 5.41) is 10.9. The summed E-state index contributed by atoms with van der Waals surface area (Å²) in [6, 6.07) is 9.36. The summed E-state index contributed by atoms with van der Waals surface area (Å²) in [7, 11) is 0. The summed E-state index contributed by atoms with van der Waals surface area (Å²) in [5.41, 5.74) is 2.51. The molecular formula is C18H27NO. The quantitative estimate of drug-likeness (QED) is 0.840. The van der Waals surface area contributed by atoms with E-state index < -0.39 is 0 Å². The maximum absolute atomic E-state index is 10.9. The highest BCUT2D eigenvalue weighted by Gasteiger charge is 2.37. The maximum Gasteiger partial charge on any atom is 0.0948 e. The third-order valence-electron chi connectivity index (χ3n) is 5.34. The Morgan fingerprint density at radius 3 is 2.60 bits per heavy atom. The number of aliphatic hydroxyl groups excluding tert-OH is 1. The lowest BCUT2D eigenvalue weighted by molar-refractivity contribution is 0.0126. The lowest BCUT2D eigenvalue weighted by Gasteiger charge is -2.43. The normalized spacial score (nSPS) is 35.4. The number of aliphatic hydroxyl groups is 1. The van der Waals surface area contributed by atoms with Crippen LogP contribution in [-0.2, 0) is 0 Å². The van der Waals surface area contributed by atoms with Crippen LogP contribution in [0.2, 0.25) is 0 Å². The van der Waals surface area contributed by atoms with Crippen LogP contribution in [-0.4, -0.2) is 28.6 Å². The molecular weight excluding hydrogens is 246 g/mol. The number of rotatable bonds is 1. The first kappa shape index (κ1) is 14.1. The van der Waals surface area contributed by atoms with Crippen molar-refractivity contribution in [3.05, 3.63) is 35.4 Å². The molecule has 1 aliphatic heterocycles. The fraction of sp³-hybridized carbons (Fsp3) is 0.667. The van der Waals surface area contributed by atoms with E-state index in [0.29, 0.717) is 18.0 Å².